The van der Waals surface area contributed by atoms with E-state index < -0.39 is 6.03 Å². The van der Waals surface area contributed by atoms with Gasteiger partial charge in [0.15, 0.2) is 5.78 Å². The number of ketones is 1. The van der Waals surface area contributed by atoms with E-state index in [0.717, 1.165) is 47.9 Å². The van der Waals surface area contributed by atoms with Crippen LogP contribution in [0.3, 0.4) is 0 Å². The second kappa shape index (κ2) is 7.25. The first kappa shape index (κ1) is 16.2. The molecule has 124 valence electrons. The summed E-state index contributed by atoms with van der Waals surface area (Å²) >= 11 is 0. The Morgan fingerprint density at radius 3 is 2.42 bits per heavy atom. The van der Waals surface area contributed by atoms with E-state index in [0.29, 0.717) is 6.54 Å². The van der Waals surface area contributed by atoms with Crippen molar-refractivity contribution in [2.24, 2.45) is 11.7 Å². The van der Waals surface area contributed by atoms with Gasteiger partial charge in [-0.05, 0) is 42.0 Å². The average Bonchev–Trinajstić information content (AvgIpc) is 2.53. The lowest BCUT2D eigenvalue weighted by atomic mass is 9.80. The van der Waals surface area contributed by atoms with Crippen molar-refractivity contribution in [3.8, 4) is 0 Å². The summed E-state index contributed by atoms with van der Waals surface area (Å²) < 4.78 is 0. The minimum Gasteiger partial charge on any atom is -0.352 e. The van der Waals surface area contributed by atoms with Crippen LogP contribution in [-0.2, 0) is 13.0 Å². The van der Waals surface area contributed by atoms with Crippen molar-refractivity contribution < 1.29 is 9.59 Å². The van der Waals surface area contributed by atoms with Crippen LogP contribution >= 0.6 is 0 Å². The molecule has 1 aliphatic carbocycles. The Hall–Kier alpha value is -2.69. The second-order valence-electron chi connectivity index (χ2n) is 6.29. The third-order valence-corrected chi connectivity index (χ3v) is 4.45. The third-order valence-electron chi connectivity index (χ3n) is 4.45. The van der Waals surface area contributed by atoms with Crippen molar-refractivity contribution >= 4 is 11.8 Å². The number of benzene rings is 1. The van der Waals surface area contributed by atoms with E-state index >= 15 is 0 Å². The van der Waals surface area contributed by atoms with Gasteiger partial charge in [-0.3, -0.25) is 9.78 Å². The Morgan fingerprint density at radius 1 is 1.08 bits per heavy atom. The molecule has 5 nitrogen and oxygen atoms in total. The van der Waals surface area contributed by atoms with E-state index in [9.17, 15) is 9.59 Å². The molecule has 1 fully saturated rings. The Kier molecular flexibility index (Phi) is 4.89. The quantitative estimate of drug-likeness (QED) is 0.802. The number of nitrogens with zero attached hydrogens (tertiary/aromatic N) is 1. The van der Waals surface area contributed by atoms with Crippen molar-refractivity contribution in [2.45, 2.75) is 32.2 Å². The molecule has 1 aromatic heterocycles. The number of urea groups is 1. The number of nitrogens with one attached hydrogen (secondary N) is 1. The Morgan fingerprint density at radius 2 is 1.79 bits per heavy atom. The number of hydrogen-bond acceptors (Lipinski definition) is 3. The molecule has 0 radical (unpaired) electrons. The van der Waals surface area contributed by atoms with Crippen LogP contribution in [0.25, 0.3) is 0 Å². The topological polar surface area (TPSA) is 85.1 Å². The molecule has 0 saturated heterocycles. The lowest BCUT2D eigenvalue weighted by Gasteiger charge is -2.23. The molecule has 2 aromatic rings. The molecule has 1 heterocycles. The molecule has 1 saturated carbocycles. The molecule has 24 heavy (non-hydrogen) atoms. The normalized spacial score (nSPS) is 14.0. The van der Waals surface area contributed by atoms with Gasteiger partial charge in [0.25, 0.3) is 0 Å². The number of hydrogen-bond donors (Lipinski definition) is 2. The van der Waals surface area contributed by atoms with Gasteiger partial charge in [-0.1, -0.05) is 30.7 Å². The second-order valence-corrected chi connectivity index (χ2v) is 6.29. The highest BCUT2D eigenvalue weighted by molar-refractivity contribution is 5.98. The van der Waals surface area contributed by atoms with Crippen molar-refractivity contribution in [1.29, 1.82) is 0 Å². The third kappa shape index (κ3) is 3.98. The van der Waals surface area contributed by atoms with E-state index in [2.05, 4.69) is 10.3 Å². The van der Waals surface area contributed by atoms with Crippen LogP contribution in [0.4, 0.5) is 4.79 Å². The van der Waals surface area contributed by atoms with Gasteiger partial charge >= 0.3 is 6.03 Å². The van der Waals surface area contributed by atoms with Crippen LogP contribution < -0.4 is 11.1 Å². The smallest absolute Gasteiger partial charge is 0.312 e. The maximum atomic E-state index is 12.3. The van der Waals surface area contributed by atoms with Crippen LogP contribution in [-0.4, -0.2) is 16.8 Å². The molecular weight excluding hydrogens is 302 g/mol. The van der Waals surface area contributed by atoms with Gasteiger partial charge in [-0.15, -0.1) is 0 Å². The Balaban J connectivity index is 1.65. The first-order chi connectivity index (χ1) is 11.6. The summed E-state index contributed by atoms with van der Waals surface area (Å²) in [6.45, 7) is 0.419. The minimum atomic E-state index is -0.530. The first-order valence-electron chi connectivity index (χ1n) is 8.21. The number of aromatic nitrogens is 1. The number of pyridine rings is 1. The van der Waals surface area contributed by atoms with E-state index in [-0.39, 0.29) is 11.7 Å². The summed E-state index contributed by atoms with van der Waals surface area (Å²) in [7, 11) is 0. The highest BCUT2D eigenvalue weighted by Crippen LogP contribution is 2.29. The van der Waals surface area contributed by atoms with E-state index in [4.69, 9.17) is 5.73 Å². The average molecular weight is 323 g/mol. The zero-order valence-electron chi connectivity index (χ0n) is 13.5. The monoisotopic (exact) mass is 323 g/mol. The summed E-state index contributed by atoms with van der Waals surface area (Å²) in [5.74, 6) is 0.419. The van der Waals surface area contributed by atoms with Gasteiger partial charge in [0.2, 0.25) is 0 Å². The van der Waals surface area contributed by atoms with Gasteiger partial charge in [0, 0.05) is 30.4 Å². The number of Topliss-reactive ketones (excluding diaryl/α,β-unsaturated/α-hetero) is 1. The van der Waals surface area contributed by atoms with Crippen molar-refractivity contribution in [2.75, 3.05) is 0 Å². The first-order valence-corrected chi connectivity index (χ1v) is 8.21. The lowest BCUT2D eigenvalue weighted by molar-refractivity contribution is 0.0854. The molecule has 0 atom stereocenters. The fraction of sp³-hybridized carbons (Fsp3) is 0.316. The zero-order valence-corrected chi connectivity index (χ0v) is 13.5. The maximum Gasteiger partial charge on any atom is 0.312 e. The lowest BCUT2D eigenvalue weighted by Crippen LogP contribution is -2.28. The summed E-state index contributed by atoms with van der Waals surface area (Å²) in [5.41, 5.74) is 8.94. The van der Waals surface area contributed by atoms with Gasteiger partial charge in [-0.2, -0.15) is 0 Å². The molecule has 5 heteroatoms. The zero-order chi connectivity index (χ0) is 16.9. The number of carbonyl (C=O) groups is 2. The number of primary amides is 1. The van der Waals surface area contributed by atoms with Crippen LogP contribution in [0.1, 0.15) is 46.3 Å². The van der Waals surface area contributed by atoms with Gasteiger partial charge in [0.1, 0.15) is 0 Å². The summed E-state index contributed by atoms with van der Waals surface area (Å²) in [5, 5.41) is 2.56. The number of carbonyl (C=O) groups excluding carboxylic acids is 2. The highest BCUT2D eigenvalue weighted by Gasteiger charge is 2.26. The largest absolute Gasteiger partial charge is 0.352 e. The molecule has 2 amide bonds. The fourth-order valence-electron chi connectivity index (χ4n) is 2.82. The van der Waals surface area contributed by atoms with E-state index in [1.807, 2.05) is 30.3 Å². The number of nitrogens with two attached hydrogens (primary N) is 1. The van der Waals surface area contributed by atoms with Crippen LogP contribution in [0.2, 0.25) is 0 Å². The van der Waals surface area contributed by atoms with Crippen molar-refractivity contribution in [3.63, 3.8) is 0 Å². The molecule has 3 rings (SSSR count). The van der Waals surface area contributed by atoms with Crippen molar-refractivity contribution in [3.05, 3.63) is 65.0 Å². The molecule has 0 unspecified atom stereocenters. The van der Waals surface area contributed by atoms with Crippen LogP contribution in [0.15, 0.2) is 42.7 Å². The summed E-state index contributed by atoms with van der Waals surface area (Å²) in [4.78, 5) is 27.3. The van der Waals surface area contributed by atoms with E-state index in [1.54, 1.807) is 12.4 Å². The van der Waals surface area contributed by atoms with Gasteiger partial charge in [-0.25, -0.2) is 4.79 Å². The summed E-state index contributed by atoms with van der Waals surface area (Å²) in [6.07, 6.45) is 7.36. The van der Waals surface area contributed by atoms with Crippen LogP contribution in [0, 0.1) is 5.92 Å². The van der Waals surface area contributed by atoms with Gasteiger partial charge in [0.05, 0.1) is 0 Å². The maximum absolute atomic E-state index is 12.3. The highest BCUT2D eigenvalue weighted by atomic mass is 16.2. The SMILES string of the molecule is NC(=O)NCc1ccc(Cc2cncc(C(=O)C3CCC3)c2)cc1. The molecule has 0 spiro atoms. The minimum absolute atomic E-state index is 0.194. The fourth-order valence-corrected chi connectivity index (χ4v) is 2.82. The predicted octanol–water partition coefficient (Wildman–Crippen LogP) is 2.82. The standard InChI is InChI=1S/C19H21N3O2/c20-19(24)22-11-14-6-4-13(5-7-14)8-15-9-17(12-21-10-15)18(23)16-2-1-3-16/h4-7,9-10,12,16H,1-3,8,11H2,(H3,20,22,24). The van der Waals surface area contributed by atoms with Crippen molar-refractivity contribution in [1.82, 2.24) is 10.3 Å². The Bertz CT molecular complexity index is 737. The molecule has 0 aliphatic heterocycles. The molecule has 3 N–H and O–H groups in total. The molecular formula is C19H21N3O2. The van der Waals surface area contributed by atoms with Gasteiger partial charge < -0.3 is 11.1 Å². The molecule has 1 aliphatic rings. The van der Waals surface area contributed by atoms with E-state index in [1.165, 1.54) is 0 Å². The molecule has 0 bridgehead atoms. The Labute approximate surface area is 141 Å². The van der Waals surface area contributed by atoms with Crippen LogP contribution in [0.5, 0.6) is 0 Å². The predicted molar refractivity (Wildman–Crippen MR) is 91.6 cm³/mol. The molecule has 1 aromatic carbocycles. The summed E-state index contributed by atoms with van der Waals surface area (Å²) in [6, 6.07) is 9.37. The number of amides is 2. The number of rotatable bonds is 6.